The zero-order chi connectivity index (χ0) is 24.0. The third kappa shape index (κ3) is 6.90. The first-order valence-electron chi connectivity index (χ1n) is 11.8. The van der Waals surface area contributed by atoms with Gasteiger partial charge in [0.25, 0.3) is 5.91 Å². The van der Waals surface area contributed by atoms with Crippen molar-refractivity contribution in [1.82, 2.24) is 14.8 Å². The maximum absolute atomic E-state index is 13.4. The van der Waals surface area contributed by atoms with Gasteiger partial charge < -0.3 is 29.5 Å². The summed E-state index contributed by atoms with van der Waals surface area (Å²) in [6.45, 7) is 9.16. The van der Waals surface area contributed by atoms with Gasteiger partial charge in [-0.15, -0.1) is 0 Å². The van der Waals surface area contributed by atoms with E-state index in [2.05, 4.69) is 35.7 Å². The zero-order valence-corrected chi connectivity index (χ0v) is 20.2. The van der Waals surface area contributed by atoms with Crippen molar-refractivity contribution in [3.63, 3.8) is 0 Å². The lowest BCUT2D eigenvalue weighted by molar-refractivity contribution is 0.0254. The van der Waals surface area contributed by atoms with Crippen LogP contribution in [-0.4, -0.2) is 95.7 Å². The molecule has 0 unspecified atom stereocenters. The molecule has 3 heterocycles. The number of fused-ring (bicyclic) bond motifs is 1. The summed E-state index contributed by atoms with van der Waals surface area (Å²) in [6.07, 6.45) is 2.76. The van der Waals surface area contributed by atoms with Gasteiger partial charge in [-0.3, -0.25) is 4.79 Å². The molecule has 1 amide bonds. The van der Waals surface area contributed by atoms with Crippen molar-refractivity contribution in [3.8, 4) is 17.7 Å². The van der Waals surface area contributed by atoms with E-state index in [1.165, 1.54) is 0 Å². The molecule has 2 aliphatic heterocycles. The lowest BCUT2D eigenvalue weighted by Crippen LogP contribution is -2.50. The molecule has 3 rings (SSSR count). The summed E-state index contributed by atoms with van der Waals surface area (Å²) in [5.41, 5.74) is 0.863. The molecule has 2 N–H and O–H groups in total. The molecule has 33 heavy (non-hydrogen) atoms. The van der Waals surface area contributed by atoms with Crippen molar-refractivity contribution in [2.24, 2.45) is 11.8 Å². The number of ether oxygens (including phenoxy) is 2. The summed E-state index contributed by atoms with van der Waals surface area (Å²) < 4.78 is 11.8. The Balaban J connectivity index is 1.86. The fraction of sp³-hybridized carbons (Fsp3) is 0.680. The van der Waals surface area contributed by atoms with Crippen LogP contribution in [0.3, 0.4) is 0 Å². The second-order valence-corrected chi connectivity index (χ2v) is 9.42. The molecule has 182 valence electrons. The molecule has 0 aliphatic carbocycles. The summed E-state index contributed by atoms with van der Waals surface area (Å²) in [5, 5.41) is 19.3. The maximum Gasteiger partial charge on any atom is 0.259 e. The second-order valence-electron chi connectivity index (χ2n) is 9.42. The number of hydrogen-bond donors (Lipinski definition) is 2. The van der Waals surface area contributed by atoms with Crippen LogP contribution in [0.4, 0.5) is 0 Å². The second kappa shape index (κ2) is 11.8. The van der Waals surface area contributed by atoms with Crippen molar-refractivity contribution < 1.29 is 24.5 Å². The van der Waals surface area contributed by atoms with Gasteiger partial charge >= 0.3 is 0 Å². The molecule has 1 aromatic heterocycles. The van der Waals surface area contributed by atoms with Gasteiger partial charge in [0.05, 0.1) is 12.6 Å². The molecule has 0 radical (unpaired) electrons. The zero-order valence-electron chi connectivity index (χ0n) is 20.2. The Kier molecular flexibility index (Phi) is 9.10. The highest BCUT2D eigenvalue weighted by Gasteiger charge is 2.34. The van der Waals surface area contributed by atoms with E-state index in [0.717, 1.165) is 32.6 Å². The smallest absolute Gasteiger partial charge is 0.259 e. The molecule has 1 aromatic rings. The van der Waals surface area contributed by atoms with Gasteiger partial charge in [-0.05, 0) is 45.7 Å². The predicted molar refractivity (Wildman–Crippen MR) is 125 cm³/mol. The van der Waals surface area contributed by atoms with Crippen molar-refractivity contribution in [2.75, 3.05) is 46.5 Å². The Bertz CT molecular complexity index is 859. The number of pyridine rings is 1. The number of amides is 1. The van der Waals surface area contributed by atoms with Gasteiger partial charge in [-0.2, -0.15) is 0 Å². The molecular weight excluding hydrogens is 422 g/mol. The fourth-order valence-electron chi connectivity index (χ4n) is 4.33. The fourth-order valence-corrected chi connectivity index (χ4v) is 4.33. The van der Waals surface area contributed by atoms with Crippen LogP contribution in [0, 0.1) is 23.7 Å². The Labute approximate surface area is 196 Å². The van der Waals surface area contributed by atoms with Crippen LogP contribution >= 0.6 is 0 Å². The molecule has 1 saturated heterocycles. The molecule has 2 aliphatic rings. The van der Waals surface area contributed by atoms with Crippen LogP contribution in [0.2, 0.25) is 0 Å². The van der Waals surface area contributed by atoms with Crippen molar-refractivity contribution >= 4 is 5.91 Å². The van der Waals surface area contributed by atoms with Crippen LogP contribution in [-0.2, 0) is 4.74 Å². The molecule has 4 atom stereocenters. The lowest BCUT2D eigenvalue weighted by Gasteiger charge is -2.38. The summed E-state index contributed by atoms with van der Waals surface area (Å²) in [6, 6.07) is 1.33. The third-order valence-electron chi connectivity index (χ3n) is 6.35. The number of aromatic nitrogens is 1. The molecule has 0 saturated carbocycles. The minimum Gasteiger partial charge on any atom is -0.472 e. The number of hydrogen-bond acceptors (Lipinski definition) is 7. The summed E-state index contributed by atoms with van der Waals surface area (Å²) in [5.74, 6) is 6.24. The highest BCUT2D eigenvalue weighted by Crippen LogP contribution is 2.27. The van der Waals surface area contributed by atoms with E-state index in [4.69, 9.17) is 9.47 Å². The van der Waals surface area contributed by atoms with Crippen molar-refractivity contribution in [3.05, 3.63) is 23.4 Å². The van der Waals surface area contributed by atoms with Crippen molar-refractivity contribution in [2.45, 2.75) is 51.9 Å². The standard InChI is InChI=1S/C25H37N3O5/c1-17-13-28(18(2)16-29)25(31)22-11-21(6-5-19(3)30)12-26-24(22)33-23(17)15-27(4)14-20-7-9-32-10-8-20/h11-12,17-20,23,29-30H,7-10,13-16H2,1-4H3/t17-,18-,19+,23-/m0/s1. The number of carbonyl (C=O) groups is 1. The molecule has 8 nitrogen and oxygen atoms in total. The normalized spacial score (nSPS) is 23.6. The topological polar surface area (TPSA) is 95.4 Å². The van der Waals surface area contributed by atoms with Crippen LogP contribution < -0.4 is 4.74 Å². The van der Waals surface area contributed by atoms with Gasteiger partial charge in [-0.25, -0.2) is 4.98 Å². The molecule has 8 heteroatoms. The molecule has 0 bridgehead atoms. The molecule has 0 aromatic carbocycles. The summed E-state index contributed by atoms with van der Waals surface area (Å²) in [7, 11) is 2.10. The Morgan fingerprint density at radius 3 is 2.70 bits per heavy atom. The van der Waals surface area contributed by atoms with E-state index in [1.807, 2.05) is 6.92 Å². The highest BCUT2D eigenvalue weighted by atomic mass is 16.5. The van der Waals surface area contributed by atoms with Gasteiger partial charge in [0.1, 0.15) is 17.8 Å². The first-order valence-corrected chi connectivity index (χ1v) is 11.8. The average molecular weight is 460 g/mol. The number of likely N-dealkylation sites (N-methyl/N-ethyl adjacent to an activating group) is 1. The monoisotopic (exact) mass is 459 g/mol. The lowest BCUT2D eigenvalue weighted by atomic mass is 9.97. The van der Waals surface area contributed by atoms with E-state index in [0.29, 0.717) is 30.1 Å². The van der Waals surface area contributed by atoms with E-state index >= 15 is 0 Å². The van der Waals surface area contributed by atoms with Crippen LogP contribution in [0.1, 0.15) is 49.5 Å². The summed E-state index contributed by atoms with van der Waals surface area (Å²) in [4.78, 5) is 21.8. The van der Waals surface area contributed by atoms with Crippen LogP contribution in [0.15, 0.2) is 12.3 Å². The largest absolute Gasteiger partial charge is 0.472 e. The maximum atomic E-state index is 13.4. The number of rotatable bonds is 6. The number of aliphatic hydroxyl groups is 2. The van der Waals surface area contributed by atoms with Crippen molar-refractivity contribution in [1.29, 1.82) is 0 Å². The first-order chi connectivity index (χ1) is 15.8. The van der Waals surface area contributed by atoms with Gasteiger partial charge in [0.2, 0.25) is 5.88 Å². The van der Waals surface area contributed by atoms with E-state index < -0.39 is 6.10 Å². The molecule has 1 fully saturated rings. The molecule has 0 spiro atoms. The van der Waals surface area contributed by atoms with Gasteiger partial charge in [0.15, 0.2) is 0 Å². The minimum atomic E-state index is -0.777. The predicted octanol–water partition coefficient (Wildman–Crippen LogP) is 1.39. The molecular formula is C25H37N3O5. The Morgan fingerprint density at radius 2 is 2.03 bits per heavy atom. The van der Waals surface area contributed by atoms with E-state index in [9.17, 15) is 15.0 Å². The van der Waals surface area contributed by atoms with Crippen LogP contribution in [0.25, 0.3) is 0 Å². The quantitative estimate of drug-likeness (QED) is 0.621. The van der Waals surface area contributed by atoms with Gasteiger partial charge in [0, 0.05) is 50.5 Å². The Hall–Kier alpha value is -2.18. The minimum absolute atomic E-state index is 0.0461. The van der Waals surface area contributed by atoms with E-state index in [1.54, 1.807) is 24.1 Å². The number of carbonyl (C=O) groups excluding carboxylic acids is 1. The Morgan fingerprint density at radius 1 is 1.30 bits per heavy atom. The first kappa shape index (κ1) is 25.4. The SMILES string of the molecule is C[C@@H](O)C#Cc1cnc2c(c1)C(=O)N([C@@H](C)CO)C[C@H](C)[C@H](CN(C)CC1CCOCC1)O2. The van der Waals surface area contributed by atoms with E-state index in [-0.39, 0.29) is 36.5 Å². The number of aliphatic hydroxyl groups excluding tert-OH is 2. The van der Waals surface area contributed by atoms with Crippen LogP contribution in [0.5, 0.6) is 5.88 Å². The number of nitrogens with zero attached hydrogens (tertiary/aromatic N) is 3. The third-order valence-corrected chi connectivity index (χ3v) is 6.35. The van der Waals surface area contributed by atoms with Gasteiger partial charge in [-0.1, -0.05) is 18.8 Å². The summed E-state index contributed by atoms with van der Waals surface area (Å²) >= 11 is 0. The highest BCUT2D eigenvalue weighted by molar-refractivity contribution is 5.97. The average Bonchev–Trinajstić information content (AvgIpc) is 2.80.